The number of fused-ring (bicyclic) bond motifs is 16. The maximum Gasteiger partial charge on any atom is 0.188 e. The fraction of sp³-hybridized carbons (Fsp3) is 0. The van der Waals surface area contributed by atoms with E-state index in [2.05, 4.69) is 19.9 Å². The average molecular weight is 701 g/mol. The number of hydrogen-bond acceptors (Lipinski definition) is 6. The Bertz CT molecular complexity index is 2900. The van der Waals surface area contributed by atoms with Crippen molar-refractivity contribution in [2.45, 2.75) is 0 Å². The number of carbonyl (C=O) groups is 2. The van der Waals surface area contributed by atoms with Crippen LogP contribution in [0.2, 0.25) is 0 Å². The second-order valence-electron chi connectivity index (χ2n) is 13.2. The minimum atomic E-state index is -0.335. The summed E-state index contributed by atoms with van der Waals surface area (Å²) in [7, 11) is 0. The Kier molecular flexibility index (Phi) is 7.19. The fourth-order valence-corrected chi connectivity index (χ4v) is 6.77. The summed E-state index contributed by atoms with van der Waals surface area (Å²) in [5.41, 5.74) is 13.0. The lowest BCUT2D eigenvalue weighted by atomic mass is 10.1. The first-order valence-electron chi connectivity index (χ1n) is 17.3. The highest BCUT2D eigenvalue weighted by Gasteiger charge is 2.14. The van der Waals surface area contributed by atoms with Gasteiger partial charge in [0.25, 0.3) is 0 Å². The first-order valence-corrected chi connectivity index (χ1v) is 17.3. The Morgan fingerprint density at radius 2 is 0.630 bits per heavy atom. The number of aromatic amines is 4. The molecular weight excluding hydrogens is 673 g/mol. The van der Waals surface area contributed by atoms with Crippen molar-refractivity contribution in [2.24, 2.45) is 0 Å². The van der Waals surface area contributed by atoms with Crippen LogP contribution in [0.1, 0.15) is 66.3 Å². The van der Waals surface area contributed by atoms with E-state index in [1.165, 1.54) is 12.2 Å². The first kappa shape index (κ1) is 31.1. The van der Waals surface area contributed by atoms with E-state index in [9.17, 15) is 9.59 Å². The molecule has 0 fully saturated rings. The number of nitrogens with one attached hydrogen (secondary N) is 4. The Hall–Kier alpha value is -7.72. The molecule has 0 amide bonds. The third-order valence-corrected chi connectivity index (χ3v) is 9.25. The molecule has 4 N–H and O–H groups in total. The van der Waals surface area contributed by atoms with Crippen LogP contribution >= 0.6 is 0 Å². The Morgan fingerprint density at radius 3 is 0.944 bits per heavy atom. The monoisotopic (exact) mass is 700 g/mol. The van der Waals surface area contributed by atoms with Crippen LogP contribution in [0.3, 0.4) is 0 Å². The molecule has 0 saturated carbocycles. The molecule has 10 heterocycles. The van der Waals surface area contributed by atoms with Gasteiger partial charge >= 0.3 is 0 Å². The third-order valence-electron chi connectivity index (χ3n) is 9.25. The lowest BCUT2D eigenvalue weighted by Gasteiger charge is -1.94. The van der Waals surface area contributed by atoms with Crippen molar-refractivity contribution in [3.63, 3.8) is 0 Å². The molecule has 6 aromatic heterocycles. The van der Waals surface area contributed by atoms with Gasteiger partial charge in [0.15, 0.2) is 11.6 Å². The van der Waals surface area contributed by atoms with Gasteiger partial charge in [-0.1, -0.05) is 0 Å². The Balaban J connectivity index is 1.05. The van der Waals surface area contributed by atoms with Crippen LogP contribution in [0.25, 0.3) is 92.7 Å². The molecule has 0 radical (unpaired) electrons. The van der Waals surface area contributed by atoms with E-state index in [4.69, 9.17) is 19.9 Å². The quantitative estimate of drug-likeness (QED) is 0.106. The van der Waals surface area contributed by atoms with E-state index in [-0.39, 0.29) is 11.6 Å². The van der Waals surface area contributed by atoms with Gasteiger partial charge < -0.3 is 19.9 Å². The van der Waals surface area contributed by atoms with Crippen LogP contribution in [0, 0.1) is 0 Å². The Labute approximate surface area is 306 Å². The molecule has 4 aliphatic heterocycles. The summed E-state index contributed by atoms with van der Waals surface area (Å²) in [5, 5.41) is 0. The topological polar surface area (TPSA) is 149 Å². The van der Waals surface area contributed by atoms with Gasteiger partial charge in [0.2, 0.25) is 0 Å². The van der Waals surface area contributed by atoms with Gasteiger partial charge in [-0.05, 0) is 146 Å². The largest absolute Gasteiger partial charge is 0.355 e. The van der Waals surface area contributed by atoms with E-state index < -0.39 is 0 Å². The molecule has 16 bridgehead atoms. The van der Waals surface area contributed by atoms with E-state index in [0.717, 1.165) is 56.2 Å². The number of H-pyrrole nitrogens is 4. The van der Waals surface area contributed by atoms with Gasteiger partial charge in [0.05, 0.1) is 56.6 Å². The summed E-state index contributed by atoms with van der Waals surface area (Å²) in [6.07, 6.45) is 18.0. The van der Waals surface area contributed by atoms with Crippen LogP contribution in [0.5, 0.6) is 0 Å². The maximum atomic E-state index is 13.9. The van der Waals surface area contributed by atoms with Crippen molar-refractivity contribution in [2.75, 3.05) is 0 Å². The number of nitrogens with zero attached hydrogens (tertiary/aromatic N) is 4. The summed E-state index contributed by atoms with van der Waals surface area (Å²) >= 11 is 0. The lowest BCUT2D eigenvalue weighted by Crippen LogP contribution is -1.97. The number of rotatable bonds is 4. The van der Waals surface area contributed by atoms with E-state index in [1.807, 2.05) is 121 Å². The van der Waals surface area contributed by atoms with Crippen LogP contribution in [-0.2, 0) is 0 Å². The highest BCUT2D eigenvalue weighted by Crippen LogP contribution is 2.23. The van der Waals surface area contributed by atoms with E-state index >= 15 is 0 Å². The molecule has 0 saturated heterocycles. The molecular formula is C44H28N8O2. The van der Waals surface area contributed by atoms with Gasteiger partial charge in [-0.15, -0.1) is 0 Å². The highest BCUT2D eigenvalue weighted by atomic mass is 16.1. The molecule has 0 aromatic carbocycles. The van der Waals surface area contributed by atoms with Crippen molar-refractivity contribution in [1.82, 2.24) is 39.9 Å². The number of carbonyl (C=O) groups excluding carboxylic acids is 2. The van der Waals surface area contributed by atoms with Crippen molar-refractivity contribution in [1.29, 1.82) is 0 Å². The minimum Gasteiger partial charge on any atom is -0.355 e. The van der Waals surface area contributed by atoms with E-state index in [1.54, 1.807) is 12.1 Å². The summed E-state index contributed by atoms with van der Waals surface area (Å²) in [5.74, 6) is -0.670. The summed E-state index contributed by atoms with van der Waals surface area (Å²) < 4.78 is 0. The summed E-state index contributed by atoms with van der Waals surface area (Å²) in [4.78, 5) is 60.1. The maximum absolute atomic E-state index is 13.9. The number of hydrogen-bond donors (Lipinski definition) is 4. The van der Waals surface area contributed by atoms with Gasteiger partial charge in [-0.2, -0.15) is 0 Å². The predicted octanol–water partition coefficient (Wildman–Crippen LogP) is 9.25. The normalized spacial score (nSPS) is 13.0. The molecule has 10 heteroatoms. The predicted molar refractivity (Wildman–Crippen MR) is 216 cm³/mol. The number of allylic oxidation sites excluding steroid dienone is 2. The highest BCUT2D eigenvalue weighted by molar-refractivity contribution is 6.17. The van der Waals surface area contributed by atoms with Crippen molar-refractivity contribution in [3.05, 3.63) is 154 Å². The van der Waals surface area contributed by atoms with Crippen molar-refractivity contribution < 1.29 is 9.59 Å². The zero-order chi connectivity index (χ0) is 36.2. The third kappa shape index (κ3) is 6.24. The molecule has 10 nitrogen and oxygen atoms in total. The van der Waals surface area contributed by atoms with Gasteiger partial charge in [0, 0.05) is 44.2 Å². The van der Waals surface area contributed by atoms with Gasteiger partial charge in [-0.3, -0.25) is 9.59 Å². The lowest BCUT2D eigenvalue weighted by molar-refractivity contribution is 0.102. The van der Waals surface area contributed by atoms with Crippen LogP contribution in [0.4, 0.5) is 0 Å². The summed E-state index contributed by atoms with van der Waals surface area (Å²) in [6.45, 7) is 0. The molecule has 0 unspecified atom stereocenters. The van der Waals surface area contributed by atoms with Crippen LogP contribution in [0.15, 0.2) is 97.1 Å². The number of ketones is 2. The average Bonchev–Trinajstić information content (AvgIpc) is 3.99. The molecule has 0 aliphatic carbocycles. The Morgan fingerprint density at radius 1 is 0.352 bits per heavy atom. The molecule has 256 valence electrons. The molecule has 0 spiro atoms. The minimum absolute atomic E-state index is 0.335. The fourth-order valence-electron chi connectivity index (χ4n) is 6.77. The summed E-state index contributed by atoms with van der Waals surface area (Å²) in [6, 6.07) is 26.8. The molecule has 0 atom stereocenters. The SMILES string of the molecule is O=C(/C=C\C(=O)c1cc2cc3nc(cc4ccc(cc5nc(cc1[nH]2)C=C5)[nH]4)C=C3)c1cc2cc3nc(cc4ccc(cc5nc(cc1[nH]2)C=C5)[nH]4)C=C3. The van der Waals surface area contributed by atoms with Crippen LogP contribution in [-0.4, -0.2) is 51.4 Å². The van der Waals surface area contributed by atoms with Crippen molar-refractivity contribution >= 4 is 104 Å². The smallest absolute Gasteiger partial charge is 0.188 e. The molecule has 6 aromatic rings. The standard InChI is InChI=1S/C44H28N8O2/c53-43(39-21-37-19-33-7-5-29(47-33)15-25-1-3-27(45-25)17-31-9-11-35(49-31)23-41(39)51-37)13-14-44(54)40-22-38-20-34-8-6-30(48-34)16-26-2-4-28(46-26)18-32-10-12-36(50-32)24-42(40)52-38/h1-24,45-46,51-52H/b14-13-,25-15?,26-16?,27-17?,28-18?,29-15?,30-16?,31-17?,32-18?,33-19?,34-20?,35-23?,36-24?,37-19?,38-20?,41-23?,42-24?. The van der Waals surface area contributed by atoms with E-state index in [0.29, 0.717) is 44.6 Å². The number of aromatic nitrogens is 8. The van der Waals surface area contributed by atoms with Crippen LogP contribution < -0.4 is 0 Å². The zero-order valence-corrected chi connectivity index (χ0v) is 28.5. The zero-order valence-electron chi connectivity index (χ0n) is 28.5. The molecule has 10 rings (SSSR count). The molecule has 4 aliphatic rings. The first-order chi connectivity index (χ1) is 26.4. The van der Waals surface area contributed by atoms with Gasteiger partial charge in [-0.25, -0.2) is 19.9 Å². The molecule has 54 heavy (non-hydrogen) atoms. The second-order valence-corrected chi connectivity index (χ2v) is 13.2. The second kappa shape index (κ2) is 12.5. The van der Waals surface area contributed by atoms with Gasteiger partial charge in [0.1, 0.15) is 0 Å². The van der Waals surface area contributed by atoms with Crippen molar-refractivity contribution in [3.8, 4) is 0 Å².